The molecule has 0 bridgehead atoms. The van der Waals surface area contributed by atoms with Gasteiger partial charge in [-0.2, -0.15) is 0 Å². The summed E-state index contributed by atoms with van der Waals surface area (Å²) in [6.07, 6.45) is 1.94. The number of ether oxygens (including phenoxy) is 1. The van der Waals surface area contributed by atoms with E-state index in [1.807, 2.05) is 0 Å². The van der Waals surface area contributed by atoms with Crippen molar-refractivity contribution in [3.63, 3.8) is 0 Å². The van der Waals surface area contributed by atoms with Crippen molar-refractivity contribution in [3.05, 3.63) is 22.8 Å². The minimum atomic E-state index is -0.00418. The van der Waals surface area contributed by atoms with Crippen molar-refractivity contribution in [2.24, 2.45) is 5.92 Å². The molecule has 0 aliphatic carbocycles. The van der Waals surface area contributed by atoms with E-state index in [2.05, 4.69) is 26.1 Å². The molecule has 0 spiro atoms. The van der Waals surface area contributed by atoms with Gasteiger partial charge in [-0.1, -0.05) is 20.8 Å². The van der Waals surface area contributed by atoms with Crippen molar-refractivity contribution in [1.29, 1.82) is 0 Å². The zero-order chi connectivity index (χ0) is 13.1. The van der Waals surface area contributed by atoms with E-state index in [0.29, 0.717) is 5.92 Å². The molecule has 1 N–H and O–H groups in total. The first kappa shape index (κ1) is 13.4. The van der Waals surface area contributed by atoms with Crippen LogP contribution in [0.15, 0.2) is 0 Å². The number of nitrogens with one attached hydrogen (secondary N) is 1. The average Bonchev–Trinajstić information content (AvgIpc) is 2.38. The fourth-order valence-corrected chi connectivity index (χ4v) is 2.53. The maximum Gasteiger partial charge on any atom is 0.157 e. The molecule has 0 fully saturated rings. The Morgan fingerprint density at radius 2 is 2.11 bits per heavy atom. The van der Waals surface area contributed by atoms with Crippen LogP contribution in [0.4, 0.5) is 0 Å². The van der Waals surface area contributed by atoms with Crippen LogP contribution < -0.4 is 5.32 Å². The van der Waals surface area contributed by atoms with Crippen LogP contribution in [-0.2, 0) is 24.1 Å². The first-order valence-electron chi connectivity index (χ1n) is 6.79. The van der Waals surface area contributed by atoms with Crippen LogP contribution in [-0.4, -0.2) is 23.6 Å². The van der Waals surface area contributed by atoms with Gasteiger partial charge in [-0.15, -0.1) is 0 Å². The van der Waals surface area contributed by atoms with E-state index < -0.39 is 0 Å². The van der Waals surface area contributed by atoms with Gasteiger partial charge in [-0.3, -0.25) is 0 Å². The van der Waals surface area contributed by atoms with Crippen LogP contribution in [0.25, 0.3) is 0 Å². The Hall–Kier alpha value is -1.00. The molecule has 1 aromatic heterocycles. The number of fused-ring (bicyclic) bond motifs is 1. The minimum Gasteiger partial charge on any atom is -0.373 e. The molecule has 0 saturated heterocycles. The molecule has 1 atom stereocenters. The highest BCUT2D eigenvalue weighted by molar-refractivity contribution is 5.28. The van der Waals surface area contributed by atoms with E-state index in [9.17, 15) is 0 Å². The molecule has 1 unspecified atom stereocenters. The van der Waals surface area contributed by atoms with E-state index in [0.717, 1.165) is 31.8 Å². The average molecular weight is 249 g/mol. The van der Waals surface area contributed by atoms with Crippen molar-refractivity contribution in [1.82, 2.24) is 15.3 Å². The standard InChI is InChI=1S/C14H23N3O/c1-5-11-10-8-15-7-6-12(10)17-14(16-11)13(18-4)9(2)3/h9,13,15H,5-8H2,1-4H3. The number of hydrogen-bond donors (Lipinski definition) is 1. The Balaban J connectivity index is 2.43. The van der Waals surface area contributed by atoms with Gasteiger partial charge in [0.25, 0.3) is 0 Å². The fraction of sp³-hybridized carbons (Fsp3) is 0.714. The SMILES string of the molecule is CCc1nc(C(OC)C(C)C)nc2c1CNCC2. The Morgan fingerprint density at radius 3 is 2.72 bits per heavy atom. The molecule has 4 nitrogen and oxygen atoms in total. The highest BCUT2D eigenvalue weighted by atomic mass is 16.5. The molecule has 2 rings (SSSR count). The molecule has 1 aliphatic heterocycles. The van der Waals surface area contributed by atoms with Gasteiger partial charge in [0.2, 0.25) is 0 Å². The normalized spacial score (nSPS) is 16.7. The zero-order valence-corrected chi connectivity index (χ0v) is 11.8. The topological polar surface area (TPSA) is 47.0 Å². The Morgan fingerprint density at radius 1 is 1.33 bits per heavy atom. The van der Waals surface area contributed by atoms with E-state index in [-0.39, 0.29) is 6.10 Å². The van der Waals surface area contributed by atoms with Gasteiger partial charge in [0.05, 0.1) is 5.69 Å². The fourth-order valence-electron chi connectivity index (χ4n) is 2.53. The summed E-state index contributed by atoms with van der Waals surface area (Å²) in [6, 6.07) is 0. The van der Waals surface area contributed by atoms with Crippen LogP contribution in [0.3, 0.4) is 0 Å². The highest BCUT2D eigenvalue weighted by Crippen LogP contribution is 2.25. The number of nitrogens with zero attached hydrogens (tertiary/aromatic N) is 2. The summed E-state index contributed by atoms with van der Waals surface area (Å²) in [5, 5.41) is 3.39. The molecule has 18 heavy (non-hydrogen) atoms. The Kier molecular flexibility index (Phi) is 4.30. The molecule has 2 heterocycles. The maximum absolute atomic E-state index is 5.55. The quantitative estimate of drug-likeness (QED) is 0.887. The van der Waals surface area contributed by atoms with Crippen LogP contribution in [0.1, 0.15) is 49.7 Å². The third kappa shape index (κ3) is 2.54. The molecular formula is C14H23N3O. The second-order valence-electron chi connectivity index (χ2n) is 5.13. The summed E-state index contributed by atoms with van der Waals surface area (Å²) in [6.45, 7) is 8.34. The van der Waals surface area contributed by atoms with E-state index >= 15 is 0 Å². The maximum atomic E-state index is 5.55. The van der Waals surface area contributed by atoms with Gasteiger partial charge < -0.3 is 10.1 Å². The van der Waals surface area contributed by atoms with Gasteiger partial charge in [0, 0.05) is 37.9 Å². The van der Waals surface area contributed by atoms with Crippen LogP contribution in [0, 0.1) is 5.92 Å². The van der Waals surface area contributed by atoms with Crippen LogP contribution in [0.5, 0.6) is 0 Å². The van der Waals surface area contributed by atoms with Crippen molar-refractivity contribution < 1.29 is 4.74 Å². The van der Waals surface area contributed by atoms with E-state index in [4.69, 9.17) is 14.7 Å². The first-order chi connectivity index (χ1) is 8.67. The summed E-state index contributed by atoms with van der Waals surface area (Å²) in [5.41, 5.74) is 3.68. The monoisotopic (exact) mass is 249 g/mol. The molecular weight excluding hydrogens is 226 g/mol. The number of aromatic nitrogens is 2. The molecule has 0 amide bonds. The highest BCUT2D eigenvalue weighted by Gasteiger charge is 2.23. The van der Waals surface area contributed by atoms with Crippen molar-refractivity contribution >= 4 is 0 Å². The van der Waals surface area contributed by atoms with Crippen molar-refractivity contribution in [2.45, 2.75) is 46.3 Å². The predicted octanol–water partition coefficient (Wildman–Crippen LogP) is 2.03. The Labute approximate surface area is 109 Å². The van der Waals surface area contributed by atoms with Crippen LogP contribution in [0.2, 0.25) is 0 Å². The molecule has 0 saturated carbocycles. The summed E-state index contributed by atoms with van der Waals surface area (Å²) in [7, 11) is 1.74. The lowest BCUT2D eigenvalue weighted by Crippen LogP contribution is -2.28. The number of aryl methyl sites for hydroxylation is 1. The summed E-state index contributed by atoms with van der Waals surface area (Å²) in [4.78, 5) is 9.46. The lowest BCUT2D eigenvalue weighted by molar-refractivity contribution is 0.0570. The minimum absolute atomic E-state index is 0.00418. The smallest absolute Gasteiger partial charge is 0.157 e. The second kappa shape index (κ2) is 5.76. The largest absolute Gasteiger partial charge is 0.373 e. The molecule has 1 aliphatic rings. The summed E-state index contributed by atoms with van der Waals surface area (Å²) in [5.74, 6) is 1.24. The molecule has 0 aromatic carbocycles. The lowest BCUT2D eigenvalue weighted by Gasteiger charge is -2.23. The van der Waals surface area contributed by atoms with Gasteiger partial charge in [0.1, 0.15) is 6.10 Å². The lowest BCUT2D eigenvalue weighted by atomic mass is 10.0. The first-order valence-corrected chi connectivity index (χ1v) is 6.79. The van der Waals surface area contributed by atoms with Crippen LogP contribution >= 0.6 is 0 Å². The second-order valence-corrected chi connectivity index (χ2v) is 5.13. The number of rotatable bonds is 4. The van der Waals surface area contributed by atoms with Gasteiger partial charge in [0.15, 0.2) is 5.82 Å². The summed E-state index contributed by atoms with van der Waals surface area (Å²) < 4.78 is 5.55. The molecule has 4 heteroatoms. The summed E-state index contributed by atoms with van der Waals surface area (Å²) >= 11 is 0. The third-order valence-electron chi connectivity index (χ3n) is 3.48. The van der Waals surface area contributed by atoms with E-state index in [1.54, 1.807) is 7.11 Å². The van der Waals surface area contributed by atoms with Gasteiger partial charge in [-0.05, 0) is 12.3 Å². The number of hydrogen-bond acceptors (Lipinski definition) is 4. The van der Waals surface area contributed by atoms with Gasteiger partial charge >= 0.3 is 0 Å². The Bertz CT molecular complexity index is 400. The number of methoxy groups -OCH3 is 1. The third-order valence-corrected chi connectivity index (χ3v) is 3.48. The van der Waals surface area contributed by atoms with Crippen molar-refractivity contribution in [2.75, 3.05) is 13.7 Å². The van der Waals surface area contributed by atoms with E-state index in [1.165, 1.54) is 17.0 Å². The van der Waals surface area contributed by atoms with Gasteiger partial charge in [-0.25, -0.2) is 9.97 Å². The zero-order valence-electron chi connectivity index (χ0n) is 11.8. The molecule has 1 aromatic rings. The molecule has 100 valence electrons. The predicted molar refractivity (Wildman–Crippen MR) is 71.4 cm³/mol. The van der Waals surface area contributed by atoms with Crippen molar-refractivity contribution in [3.8, 4) is 0 Å². The molecule has 0 radical (unpaired) electrons.